The number of carbonyl (C=O) groups excluding carboxylic acids is 1. The normalized spacial score (nSPS) is 22.6. The fourth-order valence-electron chi connectivity index (χ4n) is 4.91. The van der Waals surface area contributed by atoms with Gasteiger partial charge in [-0.05, 0) is 55.2 Å². The standard InChI is InChI=1S/C24H26FNO5S/c1-3-31-24(28)19-10-8-16(14-27)20-13-26(21-12-17(25)9-11-18(21)23(19)20)32(29,30)22-7-5-4-6-15(22)2/h4-9,11-12,19-20,23,27H,3,10,13-14H2,1-2H3/t19-,20+,23+/m0/s1. The minimum Gasteiger partial charge on any atom is -0.466 e. The maximum absolute atomic E-state index is 14.3. The molecule has 3 atom stereocenters. The van der Waals surface area contributed by atoms with Gasteiger partial charge >= 0.3 is 5.97 Å². The van der Waals surface area contributed by atoms with Crippen LogP contribution in [0.25, 0.3) is 0 Å². The quantitative estimate of drug-likeness (QED) is 0.546. The minimum atomic E-state index is -4.01. The van der Waals surface area contributed by atoms with Gasteiger partial charge in [0, 0.05) is 18.4 Å². The van der Waals surface area contributed by atoms with Crippen molar-refractivity contribution in [1.29, 1.82) is 0 Å². The number of fused-ring (bicyclic) bond motifs is 3. The molecular weight excluding hydrogens is 433 g/mol. The number of carbonyl (C=O) groups is 1. The summed E-state index contributed by atoms with van der Waals surface area (Å²) in [5.41, 5.74) is 2.05. The molecule has 1 N–H and O–H groups in total. The van der Waals surface area contributed by atoms with E-state index in [9.17, 15) is 22.7 Å². The van der Waals surface area contributed by atoms with E-state index in [4.69, 9.17) is 4.74 Å². The summed E-state index contributed by atoms with van der Waals surface area (Å²) in [6.07, 6.45) is 2.17. The Morgan fingerprint density at radius 3 is 2.69 bits per heavy atom. The van der Waals surface area contributed by atoms with Crippen LogP contribution in [0.5, 0.6) is 0 Å². The van der Waals surface area contributed by atoms with Crippen molar-refractivity contribution in [3.63, 3.8) is 0 Å². The van der Waals surface area contributed by atoms with Crippen molar-refractivity contribution in [2.24, 2.45) is 11.8 Å². The Kier molecular flexibility index (Phi) is 6.09. The van der Waals surface area contributed by atoms with E-state index in [1.165, 1.54) is 22.5 Å². The first-order chi connectivity index (χ1) is 15.3. The lowest BCUT2D eigenvalue weighted by atomic mass is 9.67. The van der Waals surface area contributed by atoms with Crippen LogP contribution in [-0.2, 0) is 19.6 Å². The first-order valence-electron chi connectivity index (χ1n) is 10.6. The zero-order valence-corrected chi connectivity index (χ0v) is 18.8. The number of esters is 1. The molecule has 2 aromatic carbocycles. The summed E-state index contributed by atoms with van der Waals surface area (Å²) >= 11 is 0. The van der Waals surface area contributed by atoms with Gasteiger partial charge in [0.2, 0.25) is 0 Å². The maximum atomic E-state index is 14.3. The average molecular weight is 460 g/mol. The summed E-state index contributed by atoms with van der Waals surface area (Å²) in [5, 5.41) is 9.99. The molecule has 1 aliphatic heterocycles. The highest BCUT2D eigenvalue weighted by Crippen LogP contribution is 2.50. The van der Waals surface area contributed by atoms with E-state index in [0.717, 1.165) is 0 Å². The Hall–Kier alpha value is -2.71. The van der Waals surface area contributed by atoms with Gasteiger partial charge in [0.1, 0.15) is 5.82 Å². The third-order valence-corrected chi connectivity index (χ3v) is 8.33. The predicted octanol–water partition coefficient (Wildman–Crippen LogP) is 3.54. The Morgan fingerprint density at radius 1 is 1.25 bits per heavy atom. The summed E-state index contributed by atoms with van der Waals surface area (Å²) in [6, 6.07) is 10.7. The highest BCUT2D eigenvalue weighted by atomic mass is 32.2. The first kappa shape index (κ1) is 22.5. The number of aryl methyl sites for hydroxylation is 1. The third-order valence-electron chi connectivity index (χ3n) is 6.39. The van der Waals surface area contributed by atoms with Crippen LogP contribution in [0.4, 0.5) is 10.1 Å². The predicted molar refractivity (Wildman–Crippen MR) is 118 cm³/mol. The number of nitrogens with zero attached hydrogens (tertiary/aromatic N) is 1. The second-order valence-corrected chi connectivity index (χ2v) is 10.00. The minimum absolute atomic E-state index is 0.0000853. The van der Waals surface area contributed by atoms with Gasteiger partial charge in [-0.1, -0.05) is 30.3 Å². The molecule has 0 saturated heterocycles. The second kappa shape index (κ2) is 8.67. The van der Waals surface area contributed by atoms with Gasteiger partial charge in [-0.3, -0.25) is 9.10 Å². The number of allylic oxidation sites excluding steroid dienone is 1. The molecule has 0 unspecified atom stereocenters. The highest BCUT2D eigenvalue weighted by molar-refractivity contribution is 7.92. The monoisotopic (exact) mass is 459 g/mol. The molecule has 170 valence electrons. The summed E-state index contributed by atoms with van der Waals surface area (Å²) in [6.45, 7) is 3.43. The molecule has 0 spiro atoms. The number of rotatable bonds is 5. The van der Waals surface area contributed by atoms with Crippen LogP contribution in [-0.4, -0.2) is 39.3 Å². The van der Waals surface area contributed by atoms with Gasteiger partial charge in [0.25, 0.3) is 10.0 Å². The molecule has 2 aliphatic rings. The number of hydrogen-bond donors (Lipinski definition) is 1. The van der Waals surface area contributed by atoms with Gasteiger partial charge in [-0.2, -0.15) is 0 Å². The van der Waals surface area contributed by atoms with Gasteiger partial charge in [-0.25, -0.2) is 12.8 Å². The Bertz CT molecular complexity index is 1180. The van der Waals surface area contributed by atoms with Crippen LogP contribution in [0.3, 0.4) is 0 Å². The number of aliphatic hydroxyl groups is 1. The van der Waals surface area contributed by atoms with Crippen molar-refractivity contribution < 1.29 is 27.4 Å². The van der Waals surface area contributed by atoms with Crippen molar-refractivity contribution in [2.45, 2.75) is 31.1 Å². The Balaban J connectivity index is 1.90. The van der Waals surface area contributed by atoms with E-state index in [1.807, 2.05) is 0 Å². The van der Waals surface area contributed by atoms with Crippen LogP contribution in [0.2, 0.25) is 0 Å². The molecule has 1 heterocycles. The van der Waals surface area contributed by atoms with Crippen LogP contribution in [0.1, 0.15) is 30.4 Å². The molecule has 32 heavy (non-hydrogen) atoms. The molecule has 0 amide bonds. The van der Waals surface area contributed by atoms with Crippen LogP contribution in [0.15, 0.2) is 59.0 Å². The molecule has 0 saturated carbocycles. The molecule has 4 rings (SSSR count). The summed E-state index contributed by atoms with van der Waals surface area (Å²) in [7, 11) is -4.01. The fourth-order valence-corrected chi connectivity index (χ4v) is 6.65. The highest BCUT2D eigenvalue weighted by Gasteiger charge is 2.47. The van der Waals surface area contributed by atoms with Gasteiger partial charge < -0.3 is 9.84 Å². The Morgan fingerprint density at radius 2 is 2.00 bits per heavy atom. The van der Waals surface area contributed by atoms with E-state index >= 15 is 0 Å². The van der Waals surface area contributed by atoms with Crippen LogP contribution >= 0.6 is 0 Å². The molecule has 8 heteroatoms. The van der Waals surface area contributed by atoms with Gasteiger partial charge in [0.05, 0.1) is 29.7 Å². The zero-order chi connectivity index (χ0) is 23.0. The summed E-state index contributed by atoms with van der Waals surface area (Å²) in [4.78, 5) is 12.9. The van der Waals surface area contributed by atoms with Gasteiger partial charge in [-0.15, -0.1) is 0 Å². The van der Waals surface area contributed by atoms with Crippen molar-refractivity contribution in [2.75, 3.05) is 24.1 Å². The molecule has 2 aromatic rings. The van der Waals surface area contributed by atoms with E-state index < -0.39 is 33.6 Å². The Labute approximate surface area is 187 Å². The zero-order valence-electron chi connectivity index (χ0n) is 18.0. The average Bonchev–Trinajstić information content (AvgIpc) is 2.77. The molecule has 0 radical (unpaired) electrons. The molecule has 0 fully saturated rings. The van der Waals surface area contributed by atoms with Crippen LogP contribution < -0.4 is 4.31 Å². The lowest BCUT2D eigenvalue weighted by Gasteiger charge is -2.45. The molecule has 0 aromatic heterocycles. The lowest BCUT2D eigenvalue weighted by Crippen LogP contribution is -2.47. The largest absolute Gasteiger partial charge is 0.466 e. The van der Waals surface area contributed by atoms with Crippen molar-refractivity contribution in [3.8, 4) is 0 Å². The van der Waals surface area contributed by atoms with E-state index in [1.54, 1.807) is 44.2 Å². The molecule has 0 bridgehead atoms. The van der Waals surface area contributed by atoms with E-state index in [0.29, 0.717) is 23.1 Å². The number of aliphatic hydroxyl groups excluding tert-OH is 1. The summed E-state index contributed by atoms with van der Waals surface area (Å²) in [5.74, 6) is -2.32. The topological polar surface area (TPSA) is 83.9 Å². The smallest absolute Gasteiger partial charge is 0.309 e. The second-order valence-electron chi connectivity index (χ2n) is 8.17. The first-order valence-corrected chi connectivity index (χ1v) is 12.1. The number of sulfonamides is 1. The van der Waals surface area contributed by atoms with Crippen LogP contribution in [0, 0.1) is 24.6 Å². The number of anilines is 1. The maximum Gasteiger partial charge on any atom is 0.309 e. The SMILES string of the molecule is CCOC(=O)[C@H]1CC=C(CO)[C@H]2CN(S(=O)(=O)c3ccccc3C)c3cc(F)ccc3[C@H]12. The molecule has 1 aliphatic carbocycles. The number of hydrogen-bond acceptors (Lipinski definition) is 5. The molecule has 6 nitrogen and oxygen atoms in total. The van der Waals surface area contributed by atoms with E-state index in [-0.39, 0.29) is 36.3 Å². The summed E-state index contributed by atoms with van der Waals surface area (Å²) < 4.78 is 48.2. The third kappa shape index (κ3) is 3.71. The van der Waals surface area contributed by atoms with Gasteiger partial charge in [0.15, 0.2) is 0 Å². The fraction of sp³-hybridized carbons (Fsp3) is 0.375. The molecular formula is C24H26FNO5S. The lowest BCUT2D eigenvalue weighted by molar-refractivity contribution is -0.149. The number of benzene rings is 2. The van der Waals surface area contributed by atoms with Crippen molar-refractivity contribution >= 4 is 21.7 Å². The van der Waals surface area contributed by atoms with Crippen molar-refractivity contribution in [1.82, 2.24) is 0 Å². The van der Waals surface area contributed by atoms with E-state index in [2.05, 4.69) is 0 Å². The van der Waals surface area contributed by atoms with Crippen molar-refractivity contribution in [3.05, 3.63) is 71.1 Å². The number of ether oxygens (including phenoxy) is 1. The number of halogens is 1.